The summed E-state index contributed by atoms with van der Waals surface area (Å²) in [4.78, 5) is 11.4. The molecule has 0 N–H and O–H groups in total. The maximum atomic E-state index is 5.87. The third-order valence-electron chi connectivity index (χ3n) is 4.09. The summed E-state index contributed by atoms with van der Waals surface area (Å²) in [7, 11) is 0. The summed E-state index contributed by atoms with van der Waals surface area (Å²) in [5, 5.41) is 4.25. The summed E-state index contributed by atoms with van der Waals surface area (Å²) >= 11 is 0. The zero-order valence-electron chi connectivity index (χ0n) is 13.3. The van der Waals surface area contributed by atoms with Gasteiger partial charge in [0.15, 0.2) is 5.82 Å². The molecular formula is C18H19N5O. The van der Waals surface area contributed by atoms with Crippen LogP contribution < -0.4 is 4.90 Å². The molecule has 0 saturated carbocycles. The van der Waals surface area contributed by atoms with Crippen LogP contribution in [0.15, 0.2) is 61.1 Å². The average molecular weight is 321 g/mol. The highest BCUT2D eigenvalue weighted by atomic mass is 16.5. The number of rotatable bonds is 4. The van der Waals surface area contributed by atoms with Crippen LogP contribution in [0.2, 0.25) is 0 Å². The Labute approximate surface area is 140 Å². The van der Waals surface area contributed by atoms with Crippen LogP contribution >= 0.6 is 0 Å². The minimum atomic E-state index is 0.105. The molecule has 0 aliphatic carbocycles. The second kappa shape index (κ2) is 6.80. The van der Waals surface area contributed by atoms with Crippen LogP contribution in [0.25, 0.3) is 11.4 Å². The lowest BCUT2D eigenvalue weighted by atomic mass is 10.2. The fourth-order valence-electron chi connectivity index (χ4n) is 2.91. The smallest absolute Gasteiger partial charge is 0.161 e. The van der Waals surface area contributed by atoms with E-state index in [-0.39, 0.29) is 6.10 Å². The second-order valence-corrected chi connectivity index (χ2v) is 5.77. The molecule has 0 bridgehead atoms. The first-order valence-corrected chi connectivity index (χ1v) is 8.11. The molecule has 1 aliphatic rings. The van der Waals surface area contributed by atoms with Gasteiger partial charge in [0.1, 0.15) is 5.82 Å². The molecule has 6 heteroatoms. The van der Waals surface area contributed by atoms with Gasteiger partial charge in [0.2, 0.25) is 0 Å². The lowest BCUT2D eigenvalue weighted by molar-refractivity contribution is 0.0272. The highest BCUT2D eigenvalue weighted by Gasteiger charge is 2.22. The number of morpholine rings is 1. The predicted molar refractivity (Wildman–Crippen MR) is 91.6 cm³/mol. The molecule has 3 aromatic rings. The van der Waals surface area contributed by atoms with Gasteiger partial charge in [-0.05, 0) is 12.1 Å². The molecule has 1 saturated heterocycles. The summed E-state index contributed by atoms with van der Waals surface area (Å²) in [5.74, 6) is 1.70. The van der Waals surface area contributed by atoms with Gasteiger partial charge in [-0.3, -0.25) is 4.68 Å². The molecule has 1 aliphatic heterocycles. The first kappa shape index (κ1) is 14.8. The van der Waals surface area contributed by atoms with E-state index in [0.29, 0.717) is 6.61 Å². The molecule has 1 unspecified atom stereocenters. The zero-order valence-corrected chi connectivity index (χ0v) is 13.3. The minimum absolute atomic E-state index is 0.105. The van der Waals surface area contributed by atoms with Crippen molar-refractivity contribution in [3.8, 4) is 11.4 Å². The van der Waals surface area contributed by atoms with Gasteiger partial charge >= 0.3 is 0 Å². The maximum absolute atomic E-state index is 5.87. The largest absolute Gasteiger partial charge is 0.373 e. The summed E-state index contributed by atoms with van der Waals surface area (Å²) < 4.78 is 7.78. The molecule has 6 nitrogen and oxygen atoms in total. The van der Waals surface area contributed by atoms with Crippen molar-refractivity contribution in [1.29, 1.82) is 0 Å². The Morgan fingerprint density at radius 3 is 2.83 bits per heavy atom. The van der Waals surface area contributed by atoms with Gasteiger partial charge in [-0.2, -0.15) is 5.10 Å². The van der Waals surface area contributed by atoms with Gasteiger partial charge in [0.05, 0.1) is 19.3 Å². The van der Waals surface area contributed by atoms with Crippen molar-refractivity contribution in [2.45, 2.75) is 12.6 Å². The van der Waals surface area contributed by atoms with E-state index < -0.39 is 0 Å². The molecule has 1 aromatic carbocycles. The summed E-state index contributed by atoms with van der Waals surface area (Å²) in [6.45, 7) is 3.07. The highest BCUT2D eigenvalue weighted by molar-refractivity contribution is 5.57. The molecule has 0 amide bonds. The number of hydrogen-bond acceptors (Lipinski definition) is 5. The van der Waals surface area contributed by atoms with E-state index in [9.17, 15) is 0 Å². The Morgan fingerprint density at radius 2 is 2.00 bits per heavy atom. The molecular weight excluding hydrogens is 302 g/mol. The first-order chi connectivity index (χ1) is 11.9. The fourth-order valence-corrected chi connectivity index (χ4v) is 2.91. The number of aromatic nitrogens is 4. The van der Waals surface area contributed by atoms with Crippen molar-refractivity contribution in [3.05, 3.63) is 61.1 Å². The topological polar surface area (TPSA) is 56.1 Å². The Kier molecular flexibility index (Phi) is 4.20. The lowest BCUT2D eigenvalue weighted by Crippen LogP contribution is -2.44. The third kappa shape index (κ3) is 3.28. The van der Waals surface area contributed by atoms with Crippen molar-refractivity contribution in [2.24, 2.45) is 0 Å². The number of anilines is 1. The molecule has 0 radical (unpaired) electrons. The van der Waals surface area contributed by atoms with E-state index in [1.54, 1.807) is 6.20 Å². The Hall–Kier alpha value is -2.73. The van der Waals surface area contributed by atoms with Crippen molar-refractivity contribution in [2.75, 3.05) is 24.6 Å². The molecule has 2 aromatic heterocycles. The van der Waals surface area contributed by atoms with E-state index >= 15 is 0 Å². The van der Waals surface area contributed by atoms with Gasteiger partial charge in [0, 0.05) is 37.2 Å². The van der Waals surface area contributed by atoms with Crippen molar-refractivity contribution < 1.29 is 4.74 Å². The van der Waals surface area contributed by atoms with Gasteiger partial charge in [-0.15, -0.1) is 0 Å². The van der Waals surface area contributed by atoms with Crippen molar-refractivity contribution >= 4 is 5.82 Å². The van der Waals surface area contributed by atoms with Crippen molar-refractivity contribution in [1.82, 2.24) is 19.7 Å². The monoisotopic (exact) mass is 321 g/mol. The lowest BCUT2D eigenvalue weighted by Gasteiger charge is -2.33. The van der Waals surface area contributed by atoms with Crippen molar-refractivity contribution in [3.63, 3.8) is 0 Å². The van der Waals surface area contributed by atoms with Gasteiger partial charge in [-0.1, -0.05) is 30.3 Å². The van der Waals surface area contributed by atoms with Crippen LogP contribution in [-0.4, -0.2) is 45.5 Å². The zero-order chi connectivity index (χ0) is 16.2. The molecule has 122 valence electrons. The van der Waals surface area contributed by atoms with Gasteiger partial charge in [0.25, 0.3) is 0 Å². The average Bonchev–Trinajstić information content (AvgIpc) is 3.16. The van der Waals surface area contributed by atoms with E-state index in [4.69, 9.17) is 9.72 Å². The number of hydrogen-bond donors (Lipinski definition) is 0. The standard InChI is InChI=1S/C18H19N5O/c1-2-5-15(6-3-1)18-19-9-7-17(21-18)22-11-12-24-16(13-22)14-23-10-4-8-20-23/h1-10,16H,11-14H2. The van der Waals surface area contributed by atoms with Crippen LogP contribution in [0, 0.1) is 0 Å². The Balaban J connectivity index is 1.51. The third-order valence-corrected chi connectivity index (χ3v) is 4.09. The van der Waals surface area contributed by atoms with Crippen LogP contribution in [0.5, 0.6) is 0 Å². The van der Waals surface area contributed by atoms with Crippen LogP contribution in [0.1, 0.15) is 0 Å². The van der Waals surface area contributed by atoms with E-state index in [1.807, 2.05) is 59.5 Å². The minimum Gasteiger partial charge on any atom is -0.373 e. The fraction of sp³-hybridized carbons (Fsp3) is 0.278. The van der Waals surface area contributed by atoms with E-state index in [0.717, 1.165) is 36.8 Å². The molecule has 1 fully saturated rings. The Bertz CT molecular complexity index is 775. The normalized spacial score (nSPS) is 17.8. The first-order valence-electron chi connectivity index (χ1n) is 8.11. The number of nitrogens with zero attached hydrogens (tertiary/aromatic N) is 5. The molecule has 1 atom stereocenters. The molecule has 4 rings (SSSR count). The summed E-state index contributed by atoms with van der Waals surface area (Å²) in [5.41, 5.74) is 1.03. The van der Waals surface area contributed by atoms with Crippen LogP contribution in [0.3, 0.4) is 0 Å². The number of ether oxygens (including phenoxy) is 1. The molecule has 24 heavy (non-hydrogen) atoms. The van der Waals surface area contributed by atoms with Crippen LogP contribution in [0.4, 0.5) is 5.82 Å². The highest BCUT2D eigenvalue weighted by Crippen LogP contribution is 2.20. The van der Waals surface area contributed by atoms with Gasteiger partial charge in [-0.25, -0.2) is 9.97 Å². The maximum Gasteiger partial charge on any atom is 0.161 e. The Morgan fingerprint density at radius 1 is 1.08 bits per heavy atom. The molecule has 0 spiro atoms. The summed E-state index contributed by atoms with van der Waals surface area (Å²) in [6, 6.07) is 13.9. The van der Waals surface area contributed by atoms with E-state index in [1.165, 1.54) is 0 Å². The quantitative estimate of drug-likeness (QED) is 0.738. The number of benzene rings is 1. The predicted octanol–water partition coefficient (Wildman–Crippen LogP) is 2.25. The van der Waals surface area contributed by atoms with Gasteiger partial charge < -0.3 is 9.64 Å². The molecule has 3 heterocycles. The summed E-state index contributed by atoms with van der Waals surface area (Å²) in [6.07, 6.45) is 5.68. The van der Waals surface area contributed by atoms with E-state index in [2.05, 4.69) is 15.0 Å². The van der Waals surface area contributed by atoms with Crippen LogP contribution in [-0.2, 0) is 11.3 Å². The SMILES string of the molecule is c1ccc(-c2nccc(N3CCOC(Cn4cccn4)C3)n2)cc1. The second-order valence-electron chi connectivity index (χ2n) is 5.77.